The summed E-state index contributed by atoms with van der Waals surface area (Å²) >= 11 is 0. The maximum atomic E-state index is 5.69. The molecule has 0 radical (unpaired) electrons. The minimum atomic E-state index is 0.0903. The second-order valence-electron chi connectivity index (χ2n) is 4.95. The Morgan fingerprint density at radius 1 is 1.22 bits per heavy atom. The molecule has 0 aliphatic rings. The molecule has 0 aromatic heterocycles. The summed E-state index contributed by atoms with van der Waals surface area (Å²) in [4.78, 5) is 4.42. The Balaban J connectivity index is 2.90. The lowest BCUT2D eigenvalue weighted by atomic mass is 10.1. The molecule has 1 unspecified atom stereocenters. The molecule has 1 rings (SSSR count). The van der Waals surface area contributed by atoms with Crippen LogP contribution in [0.3, 0.4) is 0 Å². The highest BCUT2D eigenvalue weighted by molar-refractivity contribution is 5.80. The van der Waals surface area contributed by atoms with Crippen LogP contribution in [0.4, 0.5) is 0 Å². The fraction of sp³-hybridized carbons (Fsp3) is 0.500. The standard InChI is InChI=1S/C18H29N3O2/c1-6-12-20-18(19-7-2)21-14(5)15-10-11-16(22-8-3)17(13-15)23-9-4/h6,10-11,13-14H,1,7-9,12H2,2-5H3,(H2,19,20,21). The van der Waals surface area contributed by atoms with Crippen LogP contribution in [0.1, 0.15) is 39.3 Å². The van der Waals surface area contributed by atoms with Crippen molar-refractivity contribution < 1.29 is 9.47 Å². The molecule has 2 N–H and O–H groups in total. The van der Waals surface area contributed by atoms with Crippen molar-refractivity contribution >= 4 is 5.96 Å². The van der Waals surface area contributed by atoms with E-state index in [4.69, 9.17) is 9.47 Å². The zero-order valence-electron chi connectivity index (χ0n) is 14.7. The van der Waals surface area contributed by atoms with Crippen LogP contribution < -0.4 is 20.1 Å². The lowest BCUT2D eigenvalue weighted by Gasteiger charge is -2.20. The summed E-state index contributed by atoms with van der Waals surface area (Å²) in [6.45, 7) is 14.4. The second-order valence-corrected chi connectivity index (χ2v) is 4.95. The van der Waals surface area contributed by atoms with E-state index in [-0.39, 0.29) is 6.04 Å². The third kappa shape index (κ3) is 6.22. The van der Waals surface area contributed by atoms with Crippen LogP contribution in [0.25, 0.3) is 0 Å². The van der Waals surface area contributed by atoms with Gasteiger partial charge in [0.1, 0.15) is 0 Å². The number of guanidine groups is 1. The monoisotopic (exact) mass is 319 g/mol. The van der Waals surface area contributed by atoms with Crippen LogP contribution in [0.15, 0.2) is 35.8 Å². The molecule has 0 fully saturated rings. The molecule has 1 aromatic rings. The Morgan fingerprint density at radius 2 is 1.91 bits per heavy atom. The zero-order valence-corrected chi connectivity index (χ0v) is 14.7. The largest absolute Gasteiger partial charge is 0.490 e. The normalized spacial score (nSPS) is 12.4. The van der Waals surface area contributed by atoms with Crippen molar-refractivity contribution in [3.05, 3.63) is 36.4 Å². The second kappa shape index (κ2) is 10.5. The average molecular weight is 319 g/mol. The van der Waals surface area contributed by atoms with E-state index in [2.05, 4.69) is 29.1 Å². The van der Waals surface area contributed by atoms with Gasteiger partial charge in [0.15, 0.2) is 17.5 Å². The summed E-state index contributed by atoms with van der Waals surface area (Å²) in [7, 11) is 0. The van der Waals surface area contributed by atoms with Gasteiger partial charge in [-0.3, -0.25) is 0 Å². The van der Waals surface area contributed by atoms with Crippen LogP contribution in [0, 0.1) is 0 Å². The van der Waals surface area contributed by atoms with Crippen molar-refractivity contribution in [2.45, 2.75) is 33.7 Å². The number of hydrogen-bond acceptors (Lipinski definition) is 3. The fourth-order valence-corrected chi connectivity index (χ4v) is 2.10. The number of nitrogens with one attached hydrogen (secondary N) is 2. The van der Waals surface area contributed by atoms with Crippen molar-refractivity contribution in [1.82, 2.24) is 10.6 Å². The van der Waals surface area contributed by atoms with Crippen LogP contribution in [-0.4, -0.2) is 32.3 Å². The van der Waals surface area contributed by atoms with Gasteiger partial charge in [0.05, 0.1) is 25.8 Å². The first-order chi connectivity index (χ1) is 11.2. The van der Waals surface area contributed by atoms with E-state index in [9.17, 15) is 0 Å². The smallest absolute Gasteiger partial charge is 0.192 e. The average Bonchev–Trinajstić information content (AvgIpc) is 2.54. The minimum absolute atomic E-state index is 0.0903. The van der Waals surface area contributed by atoms with Crippen molar-refractivity contribution in [2.24, 2.45) is 4.99 Å². The van der Waals surface area contributed by atoms with Gasteiger partial charge >= 0.3 is 0 Å². The quantitative estimate of drug-likeness (QED) is 0.417. The van der Waals surface area contributed by atoms with Gasteiger partial charge in [0, 0.05) is 6.54 Å². The molecule has 5 heteroatoms. The molecule has 128 valence electrons. The van der Waals surface area contributed by atoms with E-state index in [0.29, 0.717) is 19.8 Å². The summed E-state index contributed by atoms with van der Waals surface area (Å²) in [6, 6.07) is 6.11. The van der Waals surface area contributed by atoms with E-state index in [1.54, 1.807) is 6.08 Å². The highest BCUT2D eigenvalue weighted by Crippen LogP contribution is 2.30. The lowest BCUT2D eigenvalue weighted by Crippen LogP contribution is -2.38. The minimum Gasteiger partial charge on any atom is -0.490 e. The van der Waals surface area contributed by atoms with Crippen LogP contribution in [0.2, 0.25) is 0 Å². The first-order valence-electron chi connectivity index (χ1n) is 8.21. The number of ether oxygens (including phenoxy) is 2. The van der Waals surface area contributed by atoms with Gasteiger partial charge < -0.3 is 20.1 Å². The molecule has 23 heavy (non-hydrogen) atoms. The van der Waals surface area contributed by atoms with Gasteiger partial charge in [-0.2, -0.15) is 0 Å². The van der Waals surface area contributed by atoms with Gasteiger partial charge in [-0.15, -0.1) is 6.58 Å². The molecule has 0 aliphatic carbocycles. The first kappa shape index (κ1) is 18.9. The van der Waals surface area contributed by atoms with Gasteiger partial charge in [0.2, 0.25) is 0 Å². The summed E-state index contributed by atoms with van der Waals surface area (Å²) in [5, 5.41) is 6.61. The molecule has 0 saturated heterocycles. The summed E-state index contributed by atoms with van der Waals surface area (Å²) < 4.78 is 11.3. The Bertz CT molecular complexity index is 515. The number of aliphatic imine (C=N–C) groups is 1. The molecular weight excluding hydrogens is 290 g/mol. The van der Waals surface area contributed by atoms with Crippen LogP contribution in [0.5, 0.6) is 11.5 Å². The predicted molar refractivity (Wildman–Crippen MR) is 96.5 cm³/mol. The fourth-order valence-electron chi connectivity index (χ4n) is 2.10. The van der Waals surface area contributed by atoms with Crippen LogP contribution >= 0.6 is 0 Å². The molecule has 1 atom stereocenters. The number of rotatable bonds is 9. The van der Waals surface area contributed by atoms with Gasteiger partial charge in [0.25, 0.3) is 0 Å². The topological polar surface area (TPSA) is 54.9 Å². The molecule has 0 heterocycles. The van der Waals surface area contributed by atoms with Gasteiger partial charge in [-0.25, -0.2) is 4.99 Å². The zero-order chi connectivity index (χ0) is 17.1. The molecule has 0 amide bonds. The molecule has 0 bridgehead atoms. The van der Waals surface area contributed by atoms with Crippen molar-refractivity contribution in [3.8, 4) is 11.5 Å². The van der Waals surface area contributed by atoms with Crippen molar-refractivity contribution in [2.75, 3.05) is 26.3 Å². The lowest BCUT2D eigenvalue weighted by molar-refractivity contribution is 0.287. The number of hydrogen-bond donors (Lipinski definition) is 2. The molecular formula is C18H29N3O2. The van der Waals surface area contributed by atoms with Crippen molar-refractivity contribution in [3.63, 3.8) is 0 Å². The highest BCUT2D eigenvalue weighted by atomic mass is 16.5. The van der Waals surface area contributed by atoms with E-state index >= 15 is 0 Å². The molecule has 1 aromatic carbocycles. The van der Waals surface area contributed by atoms with Gasteiger partial charge in [-0.1, -0.05) is 12.1 Å². The Labute approximate surface area is 139 Å². The van der Waals surface area contributed by atoms with E-state index in [0.717, 1.165) is 29.6 Å². The van der Waals surface area contributed by atoms with E-state index in [1.165, 1.54) is 0 Å². The molecule has 0 aliphatic heterocycles. The Hall–Kier alpha value is -2.17. The Morgan fingerprint density at radius 3 is 2.52 bits per heavy atom. The number of nitrogens with zero attached hydrogens (tertiary/aromatic N) is 1. The first-order valence-corrected chi connectivity index (χ1v) is 8.21. The molecule has 0 spiro atoms. The number of benzene rings is 1. The highest BCUT2D eigenvalue weighted by Gasteiger charge is 2.12. The van der Waals surface area contributed by atoms with Crippen molar-refractivity contribution in [1.29, 1.82) is 0 Å². The predicted octanol–water partition coefficient (Wildman–Crippen LogP) is 3.29. The SMILES string of the molecule is C=CCN=C(NCC)NC(C)c1ccc(OCC)c(OCC)c1. The van der Waals surface area contributed by atoms with Gasteiger partial charge in [-0.05, 0) is 45.4 Å². The van der Waals surface area contributed by atoms with Crippen LogP contribution in [-0.2, 0) is 0 Å². The maximum absolute atomic E-state index is 5.69. The van der Waals surface area contributed by atoms with E-state index < -0.39 is 0 Å². The summed E-state index contributed by atoms with van der Waals surface area (Å²) in [6.07, 6.45) is 1.77. The molecule has 0 saturated carbocycles. The third-order valence-corrected chi connectivity index (χ3v) is 3.14. The summed E-state index contributed by atoms with van der Waals surface area (Å²) in [5.41, 5.74) is 1.11. The summed E-state index contributed by atoms with van der Waals surface area (Å²) in [5.74, 6) is 2.32. The maximum Gasteiger partial charge on any atom is 0.192 e. The molecule has 5 nitrogen and oxygen atoms in total. The van der Waals surface area contributed by atoms with E-state index in [1.807, 2.05) is 39.0 Å². The third-order valence-electron chi connectivity index (χ3n) is 3.14. The Kier molecular flexibility index (Phi) is 8.65.